The molecule has 0 aromatic carbocycles. The number of aliphatic carboxylic acids is 1. The lowest BCUT2D eigenvalue weighted by molar-refractivity contribution is -0.248. The second kappa shape index (κ2) is 11.3. The fourth-order valence-corrected chi connectivity index (χ4v) is 13.8. The monoisotopic (exact) mass is 661 g/mol. The van der Waals surface area contributed by atoms with Crippen molar-refractivity contribution in [2.24, 2.45) is 50.7 Å². The van der Waals surface area contributed by atoms with Crippen molar-refractivity contribution in [2.45, 2.75) is 155 Å². The molecule has 7 rings (SSSR count). The van der Waals surface area contributed by atoms with Crippen molar-refractivity contribution in [3.63, 3.8) is 0 Å². The van der Waals surface area contributed by atoms with Crippen LogP contribution in [-0.2, 0) is 19.0 Å². The van der Waals surface area contributed by atoms with Gasteiger partial charge in [0.1, 0.15) is 6.10 Å². The summed E-state index contributed by atoms with van der Waals surface area (Å²) in [5, 5.41) is 43.1. The molecule has 0 aromatic rings. The van der Waals surface area contributed by atoms with E-state index in [0.717, 1.165) is 38.8 Å². The third-order valence-corrected chi connectivity index (χ3v) is 16.1. The summed E-state index contributed by atoms with van der Waals surface area (Å²) >= 11 is 0. The summed E-state index contributed by atoms with van der Waals surface area (Å²) in [6, 6.07) is 0. The molecule has 268 valence electrons. The van der Waals surface area contributed by atoms with Crippen LogP contribution in [0.5, 0.6) is 0 Å². The van der Waals surface area contributed by atoms with Crippen molar-refractivity contribution in [3.8, 4) is 0 Å². The molecule has 5 saturated carbocycles. The molecular weight excluding hydrogens is 598 g/mol. The van der Waals surface area contributed by atoms with Gasteiger partial charge < -0.3 is 34.6 Å². The zero-order valence-corrected chi connectivity index (χ0v) is 30.0. The molecule has 14 atom stereocenters. The number of carbonyl (C=O) groups is 1. The molecule has 2 saturated heterocycles. The van der Waals surface area contributed by atoms with Crippen LogP contribution in [0, 0.1) is 50.7 Å². The minimum Gasteiger partial charge on any atom is -0.481 e. The van der Waals surface area contributed by atoms with Crippen LogP contribution < -0.4 is 0 Å². The van der Waals surface area contributed by atoms with Gasteiger partial charge in [-0.25, -0.2) is 0 Å². The quantitative estimate of drug-likeness (QED) is 0.289. The second-order valence-electron chi connectivity index (χ2n) is 18.9. The van der Waals surface area contributed by atoms with Crippen molar-refractivity contribution in [2.75, 3.05) is 26.2 Å². The standard InChI is InChI=1S/C38H63NO8/c1-22-19-23(31(42)34(4,5)44)46-30-29(22)35(6)14-15-38-21-37(38)13-12-26(47-28-20-39(17-18-45-28)16-8-9-27(40)41)33(2,3)24(37)10-11-25(38)36(35,7)32(30)43/h22-26,28-32,42-44H,8-21H2,1-7H3,(H,40,41). The Bertz CT molecular complexity index is 1220. The Kier molecular flexibility index (Phi) is 8.36. The Balaban J connectivity index is 1.08. The maximum absolute atomic E-state index is 12.4. The summed E-state index contributed by atoms with van der Waals surface area (Å²) in [4.78, 5) is 13.3. The Morgan fingerprint density at radius 3 is 2.47 bits per heavy atom. The lowest BCUT2D eigenvalue weighted by Crippen LogP contribution is -2.60. The van der Waals surface area contributed by atoms with Gasteiger partial charge in [0.25, 0.3) is 0 Å². The number of aliphatic hydroxyl groups is 3. The van der Waals surface area contributed by atoms with E-state index in [1.165, 1.54) is 19.3 Å². The van der Waals surface area contributed by atoms with Crippen LogP contribution in [0.1, 0.15) is 113 Å². The third kappa shape index (κ3) is 4.90. The molecule has 5 aliphatic carbocycles. The summed E-state index contributed by atoms with van der Waals surface area (Å²) in [5.74, 6) is 0.783. The number of hydrogen-bond acceptors (Lipinski definition) is 8. The Morgan fingerprint density at radius 1 is 1.06 bits per heavy atom. The lowest BCUT2D eigenvalue weighted by atomic mass is 9.41. The van der Waals surface area contributed by atoms with E-state index < -0.39 is 29.9 Å². The highest BCUT2D eigenvalue weighted by molar-refractivity contribution is 5.66. The van der Waals surface area contributed by atoms with Gasteiger partial charge in [-0.05, 0) is 124 Å². The molecule has 0 aromatic heterocycles. The first-order chi connectivity index (χ1) is 21.9. The van der Waals surface area contributed by atoms with Gasteiger partial charge in [-0.1, -0.05) is 34.6 Å². The number of carboxylic acids is 1. The average molecular weight is 662 g/mol. The first-order valence-electron chi connectivity index (χ1n) is 18.9. The summed E-state index contributed by atoms with van der Waals surface area (Å²) < 4.78 is 19.6. The number of fused-ring (bicyclic) bond motifs is 4. The number of nitrogens with zero attached hydrogens (tertiary/aromatic N) is 1. The van der Waals surface area contributed by atoms with E-state index in [-0.39, 0.29) is 58.4 Å². The third-order valence-electron chi connectivity index (χ3n) is 16.1. The number of aliphatic hydroxyl groups excluding tert-OH is 2. The number of rotatable bonds is 8. The maximum atomic E-state index is 12.4. The lowest BCUT2D eigenvalue weighted by Gasteiger charge is -2.64. The van der Waals surface area contributed by atoms with Crippen LogP contribution in [0.4, 0.5) is 0 Å². The summed E-state index contributed by atoms with van der Waals surface area (Å²) in [7, 11) is 0. The normalized spacial score (nSPS) is 51.1. The molecule has 2 spiro atoms. The molecule has 0 radical (unpaired) electrons. The maximum Gasteiger partial charge on any atom is 0.303 e. The Hall–Kier alpha value is -0.810. The van der Waals surface area contributed by atoms with E-state index in [4.69, 9.17) is 19.3 Å². The molecule has 7 fully saturated rings. The highest BCUT2D eigenvalue weighted by Crippen LogP contribution is 2.89. The van der Waals surface area contributed by atoms with Crippen LogP contribution in [0.2, 0.25) is 0 Å². The predicted molar refractivity (Wildman–Crippen MR) is 176 cm³/mol. The fraction of sp³-hybridized carbons (Fsp3) is 0.974. The van der Waals surface area contributed by atoms with E-state index >= 15 is 0 Å². The van der Waals surface area contributed by atoms with E-state index in [2.05, 4.69) is 39.5 Å². The fourth-order valence-electron chi connectivity index (χ4n) is 13.8. The molecule has 2 aliphatic heterocycles. The van der Waals surface area contributed by atoms with Crippen LogP contribution in [-0.4, -0.2) is 99.9 Å². The minimum atomic E-state index is -1.26. The zero-order valence-electron chi connectivity index (χ0n) is 30.0. The van der Waals surface area contributed by atoms with E-state index in [1.807, 2.05) is 0 Å². The molecule has 9 heteroatoms. The molecule has 7 aliphatic rings. The van der Waals surface area contributed by atoms with E-state index in [9.17, 15) is 20.1 Å². The molecule has 9 nitrogen and oxygen atoms in total. The first kappa shape index (κ1) is 34.6. The van der Waals surface area contributed by atoms with Gasteiger partial charge in [0.15, 0.2) is 6.29 Å². The largest absolute Gasteiger partial charge is 0.481 e. The van der Waals surface area contributed by atoms with Crippen molar-refractivity contribution >= 4 is 5.97 Å². The first-order valence-corrected chi connectivity index (χ1v) is 18.9. The van der Waals surface area contributed by atoms with Crippen LogP contribution in [0.15, 0.2) is 0 Å². The Labute approximate surface area is 282 Å². The smallest absolute Gasteiger partial charge is 0.303 e. The summed E-state index contributed by atoms with van der Waals surface area (Å²) in [6.07, 6.45) is 7.03. The van der Waals surface area contributed by atoms with Crippen LogP contribution in [0.25, 0.3) is 0 Å². The van der Waals surface area contributed by atoms with Gasteiger partial charge in [-0.15, -0.1) is 0 Å². The Morgan fingerprint density at radius 2 is 1.77 bits per heavy atom. The molecule has 0 amide bonds. The van der Waals surface area contributed by atoms with Crippen LogP contribution in [0.3, 0.4) is 0 Å². The highest BCUT2D eigenvalue weighted by atomic mass is 16.7. The van der Waals surface area contributed by atoms with Gasteiger partial charge in [-0.2, -0.15) is 0 Å². The van der Waals surface area contributed by atoms with E-state index in [0.29, 0.717) is 43.2 Å². The number of morpholine rings is 1. The topological polar surface area (TPSA) is 129 Å². The molecule has 4 N–H and O–H groups in total. The SMILES string of the molecule is CC1CC(C(O)C(C)(C)O)OC2C1C1(C)CCC34CC35CCC(OC3CN(CCCC(=O)O)CCO3)C(C)(C)C5CCC4C1(C)C2O. The molecule has 2 heterocycles. The van der Waals surface area contributed by atoms with Crippen LogP contribution >= 0.6 is 0 Å². The number of carboxylic acid groups (broad SMARTS) is 1. The van der Waals surface area contributed by atoms with Crippen molar-refractivity contribution in [3.05, 3.63) is 0 Å². The second-order valence-corrected chi connectivity index (χ2v) is 18.9. The molecule has 47 heavy (non-hydrogen) atoms. The average Bonchev–Trinajstić information content (AvgIpc) is 3.62. The predicted octanol–water partition coefficient (Wildman–Crippen LogP) is 4.84. The summed E-state index contributed by atoms with van der Waals surface area (Å²) in [6.45, 7) is 18.2. The summed E-state index contributed by atoms with van der Waals surface area (Å²) in [5.41, 5.74) is -1.03. The van der Waals surface area contributed by atoms with Crippen molar-refractivity contribution in [1.29, 1.82) is 0 Å². The van der Waals surface area contributed by atoms with Gasteiger partial charge in [0.2, 0.25) is 0 Å². The highest BCUT2D eigenvalue weighted by Gasteiger charge is 2.84. The molecular formula is C38H63NO8. The minimum absolute atomic E-state index is 0.00365. The molecule has 14 unspecified atom stereocenters. The molecule has 0 bridgehead atoms. The van der Waals surface area contributed by atoms with Gasteiger partial charge in [0.05, 0.1) is 36.6 Å². The van der Waals surface area contributed by atoms with Gasteiger partial charge in [-0.3, -0.25) is 9.69 Å². The van der Waals surface area contributed by atoms with Gasteiger partial charge in [0, 0.05) is 24.9 Å². The number of ether oxygens (including phenoxy) is 3. The van der Waals surface area contributed by atoms with Crippen molar-refractivity contribution < 1.29 is 39.4 Å². The van der Waals surface area contributed by atoms with E-state index in [1.54, 1.807) is 13.8 Å². The van der Waals surface area contributed by atoms with Gasteiger partial charge >= 0.3 is 5.97 Å². The van der Waals surface area contributed by atoms with Crippen molar-refractivity contribution in [1.82, 2.24) is 4.90 Å². The zero-order chi connectivity index (χ0) is 33.9. The number of hydrogen-bond donors (Lipinski definition) is 4.